The first-order valence-corrected chi connectivity index (χ1v) is 10.7. The molecule has 1 atom stereocenters. The topological polar surface area (TPSA) is 95.1 Å². The van der Waals surface area contributed by atoms with Crippen LogP contribution in [0.3, 0.4) is 0 Å². The smallest absolute Gasteiger partial charge is 0.287 e. The molecule has 2 heterocycles. The number of ether oxygens (including phenoxy) is 2. The van der Waals surface area contributed by atoms with Crippen molar-refractivity contribution in [1.82, 2.24) is 9.56 Å². The van der Waals surface area contributed by atoms with E-state index in [0.717, 1.165) is 10.1 Å². The van der Waals surface area contributed by atoms with Crippen LogP contribution in [0.5, 0.6) is 11.5 Å². The molecule has 0 saturated heterocycles. The molecular formula is C25H25N3O5. The van der Waals surface area contributed by atoms with E-state index >= 15 is 0 Å². The summed E-state index contributed by atoms with van der Waals surface area (Å²) in [6.45, 7) is 5.62. The normalized spacial score (nSPS) is 11.8. The number of para-hydroxylation sites is 1. The van der Waals surface area contributed by atoms with Gasteiger partial charge < -0.3 is 19.3 Å². The van der Waals surface area contributed by atoms with Crippen LogP contribution >= 0.6 is 0 Å². The zero-order valence-electron chi connectivity index (χ0n) is 18.7. The van der Waals surface area contributed by atoms with E-state index in [1.807, 2.05) is 56.3 Å². The lowest BCUT2D eigenvalue weighted by Gasteiger charge is -2.19. The number of benzene rings is 2. The Bertz CT molecular complexity index is 1330. The van der Waals surface area contributed by atoms with E-state index in [-0.39, 0.29) is 18.1 Å². The number of anilines is 1. The fourth-order valence-corrected chi connectivity index (χ4v) is 3.35. The molecule has 4 rings (SSSR count). The van der Waals surface area contributed by atoms with E-state index < -0.39 is 6.10 Å². The molecule has 2 aromatic heterocycles. The molecule has 170 valence electrons. The minimum Gasteiger partial charge on any atom is -0.485 e. The van der Waals surface area contributed by atoms with Gasteiger partial charge in [-0.3, -0.25) is 9.59 Å². The summed E-state index contributed by atoms with van der Waals surface area (Å²) in [6.07, 6.45) is -0.157. The number of nitrogens with one attached hydrogen (secondary N) is 1. The molecule has 33 heavy (non-hydrogen) atoms. The highest BCUT2D eigenvalue weighted by Gasteiger charge is 2.20. The van der Waals surface area contributed by atoms with Gasteiger partial charge in [-0.05, 0) is 50.1 Å². The molecule has 0 aliphatic carbocycles. The van der Waals surface area contributed by atoms with E-state index in [9.17, 15) is 9.59 Å². The molecule has 0 spiro atoms. The van der Waals surface area contributed by atoms with Gasteiger partial charge in [0, 0.05) is 12.1 Å². The summed E-state index contributed by atoms with van der Waals surface area (Å²) in [5.41, 5.74) is 2.02. The van der Waals surface area contributed by atoms with E-state index in [1.165, 1.54) is 6.07 Å². The molecule has 2 aromatic carbocycles. The highest BCUT2D eigenvalue weighted by atomic mass is 16.5. The molecule has 0 saturated carbocycles. The maximum Gasteiger partial charge on any atom is 0.287 e. The van der Waals surface area contributed by atoms with E-state index in [4.69, 9.17) is 14.0 Å². The van der Waals surface area contributed by atoms with Crippen molar-refractivity contribution in [2.24, 2.45) is 0 Å². The lowest BCUT2D eigenvalue weighted by molar-refractivity contribution is -0.122. The monoisotopic (exact) mass is 447 g/mol. The van der Waals surface area contributed by atoms with Crippen molar-refractivity contribution in [1.29, 1.82) is 0 Å². The van der Waals surface area contributed by atoms with Gasteiger partial charge in [0.15, 0.2) is 11.8 Å². The van der Waals surface area contributed by atoms with Crippen LogP contribution < -0.4 is 20.3 Å². The van der Waals surface area contributed by atoms with Gasteiger partial charge in [0.25, 0.3) is 11.5 Å². The lowest BCUT2D eigenvalue weighted by atomic mass is 10.2. The van der Waals surface area contributed by atoms with E-state index in [2.05, 4.69) is 10.3 Å². The van der Waals surface area contributed by atoms with E-state index in [1.54, 1.807) is 19.1 Å². The minimum atomic E-state index is -0.657. The molecule has 0 bridgehead atoms. The summed E-state index contributed by atoms with van der Waals surface area (Å²) < 4.78 is 18.2. The average molecular weight is 447 g/mol. The van der Waals surface area contributed by atoms with Crippen molar-refractivity contribution in [2.75, 3.05) is 5.32 Å². The summed E-state index contributed by atoms with van der Waals surface area (Å²) in [5, 5.41) is 2.90. The van der Waals surface area contributed by atoms with Crippen LogP contribution in [0.15, 0.2) is 70.0 Å². The number of hydrogen-bond donors (Lipinski definition) is 1. The van der Waals surface area contributed by atoms with Crippen LogP contribution in [0.25, 0.3) is 5.65 Å². The van der Waals surface area contributed by atoms with Crippen molar-refractivity contribution in [2.45, 2.75) is 39.9 Å². The van der Waals surface area contributed by atoms with Crippen molar-refractivity contribution in [3.8, 4) is 11.5 Å². The number of fused-ring (bicyclic) bond motifs is 1. The molecule has 0 aliphatic heterocycles. The van der Waals surface area contributed by atoms with Gasteiger partial charge in [-0.1, -0.05) is 31.2 Å². The Hall–Kier alpha value is -4.07. The first-order chi connectivity index (χ1) is 15.9. The van der Waals surface area contributed by atoms with Crippen LogP contribution in [0.4, 0.5) is 5.69 Å². The first-order valence-electron chi connectivity index (χ1n) is 10.7. The maximum absolute atomic E-state index is 12.9. The van der Waals surface area contributed by atoms with Crippen LogP contribution in [0.2, 0.25) is 0 Å². The van der Waals surface area contributed by atoms with Gasteiger partial charge >= 0.3 is 0 Å². The third-order valence-corrected chi connectivity index (χ3v) is 4.98. The SMILES string of the molecule is CCC(Oc1ccccc1)C(=O)Nc1ccc(C)cc1OCc1cc(=O)n2oc(C)cc2n1. The minimum absolute atomic E-state index is 0.0556. The van der Waals surface area contributed by atoms with Gasteiger partial charge in [0.1, 0.15) is 23.9 Å². The quantitative estimate of drug-likeness (QED) is 0.433. The van der Waals surface area contributed by atoms with Crippen LogP contribution in [0, 0.1) is 13.8 Å². The second-order valence-electron chi connectivity index (χ2n) is 7.69. The van der Waals surface area contributed by atoms with Crippen LogP contribution in [0.1, 0.15) is 30.4 Å². The fourth-order valence-electron chi connectivity index (χ4n) is 3.35. The van der Waals surface area contributed by atoms with Gasteiger partial charge in [-0.25, -0.2) is 4.98 Å². The predicted octanol–water partition coefficient (Wildman–Crippen LogP) is 4.28. The average Bonchev–Trinajstić information content (AvgIpc) is 3.19. The molecule has 1 unspecified atom stereocenters. The third-order valence-electron chi connectivity index (χ3n) is 4.98. The maximum atomic E-state index is 12.9. The molecular weight excluding hydrogens is 422 g/mol. The second-order valence-corrected chi connectivity index (χ2v) is 7.69. The number of carbonyl (C=O) groups excluding carboxylic acids is 1. The van der Waals surface area contributed by atoms with Crippen molar-refractivity contribution in [3.05, 3.63) is 88.0 Å². The summed E-state index contributed by atoms with van der Waals surface area (Å²) in [7, 11) is 0. The second kappa shape index (κ2) is 9.60. The number of hydrogen-bond acceptors (Lipinski definition) is 6. The van der Waals surface area contributed by atoms with Gasteiger partial charge in [0.05, 0.1) is 11.4 Å². The molecule has 1 amide bonds. The fraction of sp³-hybridized carbons (Fsp3) is 0.240. The van der Waals surface area contributed by atoms with Crippen molar-refractivity contribution >= 4 is 17.2 Å². The molecule has 8 heteroatoms. The van der Waals surface area contributed by atoms with Crippen LogP contribution in [-0.2, 0) is 11.4 Å². The Labute approximate surface area is 190 Å². The summed E-state index contributed by atoms with van der Waals surface area (Å²) in [4.78, 5) is 29.6. The molecule has 8 nitrogen and oxygen atoms in total. The van der Waals surface area contributed by atoms with E-state index in [0.29, 0.717) is 40.7 Å². The number of nitrogens with zero attached hydrogens (tertiary/aromatic N) is 2. The van der Waals surface area contributed by atoms with Gasteiger partial charge in [-0.2, -0.15) is 0 Å². The number of amides is 1. The third kappa shape index (κ3) is 5.23. The highest BCUT2D eigenvalue weighted by Crippen LogP contribution is 2.27. The van der Waals surface area contributed by atoms with Gasteiger partial charge in [-0.15, -0.1) is 4.57 Å². The number of rotatable bonds is 8. The number of aromatic nitrogens is 2. The summed E-state index contributed by atoms with van der Waals surface area (Å²) >= 11 is 0. The lowest BCUT2D eigenvalue weighted by Crippen LogP contribution is -2.32. The van der Waals surface area contributed by atoms with Crippen molar-refractivity contribution < 1.29 is 18.8 Å². The predicted molar refractivity (Wildman–Crippen MR) is 124 cm³/mol. The molecule has 0 aliphatic rings. The largest absolute Gasteiger partial charge is 0.485 e. The number of aryl methyl sites for hydroxylation is 2. The standard InChI is InChI=1S/C25H25N3O5/c1-4-21(32-19-8-6-5-7-9-19)25(30)27-20-11-10-16(2)12-22(20)31-15-18-14-24(29)28-23(26-18)13-17(3)33-28/h5-14,21H,4,15H2,1-3H3,(H,27,30). The Morgan fingerprint density at radius 2 is 1.91 bits per heavy atom. The Morgan fingerprint density at radius 1 is 1.12 bits per heavy atom. The van der Waals surface area contributed by atoms with Crippen molar-refractivity contribution in [3.63, 3.8) is 0 Å². The number of carbonyl (C=O) groups is 1. The first kappa shape index (κ1) is 22.1. The zero-order chi connectivity index (χ0) is 23.4. The Morgan fingerprint density at radius 3 is 2.67 bits per heavy atom. The molecule has 1 N–H and O–H groups in total. The molecule has 0 fully saturated rings. The molecule has 4 aromatic rings. The van der Waals surface area contributed by atoms with Gasteiger partial charge in [0.2, 0.25) is 0 Å². The Balaban J connectivity index is 1.50. The highest BCUT2D eigenvalue weighted by molar-refractivity contribution is 5.95. The summed E-state index contributed by atoms with van der Waals surface area (Å²) in [5.74, 6) is 1.41. The zero-order valence-corrected chi connectivity index (χ0v) is 18.7. The molecule has 0 radical (unpaired) electrons. The Kier molecular flexibility index (Phi) is 6.44. The van der Waals surface area contributed by atoms with Crippen LogP contribution in [-0.4, -0.2) is 21.6 Å². The summed E-state index contributed by atoms with van der Waals surface area (Å²) in [6, 6.07) is 17.7.